The van der Waals surface area contributed by atoms with Crippen molar-refractivity contribution >= 4 is 18.2 Å². The van der Waals surface area contributed by atoms with Crippen molar-refractivity contribution in [1.29, 1.82) is 0 Å². The van der Waals surface area contributed by atoms with Crippen molar-refractivity contribution in [3.63, 3.8) is 0 Å². The van der Waals surface area contributed by atoms with E-state index in [1.54, 1.807) is 0 Å². The molecule has 9 heteroatoms. The molecule has 0 radical (unpaired) electrons. The molecule has 0 aliphatic heterocycles. The minimum atomic E-state index is -1.30. The predicted molar refractivity (Wildman–Crippen MR) is 74.0 cm³/mol. The van der Waals surface area contributed by atoms with Gasteiger partial charge in [0, 0.05) is 14.1 Å². The number of carboxylic acids is 1. The third-order valence-electron chi connectivity index (χ3n) is 2.96. The molecule has 1 aromatic heterocycles. The van der Waals surface area contributed by atoms with E-state index in [1.165, 1.54) is 14.1 Å². The first-order valence-corrected chi connectivity index (χ1v) is 6.09. The normalized spacial score (nSPS) is 10.6. The Kier molecular flexibility index (Phi) is 3.60. The fraction of sp³-hybridized carbons (Fsp3) is 0.167. The van der Waals surface area contributed by atoms with E-state index >= 15 is 0 Å². The molecule has 0 saturated carbocycles. The molecule has 2 rings (SSSR count). The number of aromatic carboxylic acids is 1. The molecular weight excluding hydrogens is 301 g/mol. The molecule has 2 aromatic rings. The molecule has 0 bridgehead atoms. The Morgan fingerprint density at radius 1 is 1.19 bits per heavy atom. The highest BCUT2D eigenvalue weighted by atomic mass is 32.1. The zero-order valence-corrected chi connectivity index (χ0v) is 11.8. The minimum Gasteiger partial charge on any atom is -0.478 e. The van der Waals surface area contributed by atoms with E-state index in [0.29, 0.717) is 4.57 Å². The van der Waals surface area contributed by atoms with Crippen molar-refractivity contribution in [3.05, 3.63) is 55.3 Å². The zero-order valence-electron chi connectivity index (χ0n) is 11.0. The summed E-state index contributed by atoms with van der Waals surface area (Å²) in [6.07, 6.45) is 0. The summed E-state index contributed by atoms with van der Waals surface area (Å²) in [7, 11) is 2.67. The second-order valence-electron chi connectivity index (χ2n) is 4.27. The van der Waals surface area contributed by atoms with Gasteiger partial charge >= 0.3 is 17.3 Å². The summed E-state index contributed by atoms with van der Waals surface area (Å²) < 4.78 is 16.4. The van der Waals surface area contributed by atoms with Crippen molar-refractivity contribution in [2.75, 3.05) is 0 Å². The van der Waals surface area contributed by atoms with Gasteiger partial charge in [0.25, 0.3) is 0 Å². The van der Waals surface area contributed by atoms with E-state index in [-0.39, 0.29) is 10.3 Å². The molecule has 0 saturated heterocycles. The summed E-state index contributed by atoms with van der Waals surface area (Å²) in [5.74, 6) is -2.19. The molecule has 0 spiro atoms. The van der Waals surface area contributed by atoms with E-state index in [1.807, 2.05) is 0 Å². The van der Waals surface area contributed by atoms with Crippen LogP contribution in [0.2, 0.25) is 0 Å². The van der Waals surface area contributed by atoms with Gasteiger partial charge in [0.15, 0.2) is 4.77 Å². The molecule has 0 aliphatic carbocycles. The highest BCUT2D eigenvalue weighted by Crippen LogP contribution is 2.12. The van der Waals surface area contributed by atoms with E-state index < -0.39 is 28.9 Å². The minimum absolute atomic E-state index is 0.0314. The third kappa shape index (κ3) is 2.31. The van der Waals surface area contributed by atoms with Gasteiger partial charge in [-0.05, 0) is 30.4 Å². The summed E-state index contributed by atoms with van der Waals surface area (Å²) in [5, 5.41) is 8.92. The van der Waals surface area contributed by atoms with Crippen LogP contribution in [0.1, 0.15) is 10.4 Å². The number of halogens is 1. The second kappa shape index (κ2) is 5.09. The van der Waals surface area contributed by atoms with Crippen molar-refractivity contribution in [2.45, 2.75) is 0 Å². The van der Waals surface area contributed by atoms with Crippen molar-refractivity contribution in [3.8, 4) is 5.69 Å². The standard InChI is InChI=1S/C12H10FN3O4S/c1-14-10(19)16(11(20)15(2)12(14)21)8-5-6(9(17)18)3-4-7(8)13/h3-5H,1-2H3,(H,17,18). The molecule has 0 aliphatic rings. The van der Waals surface area contributed by atoms with Gasteiger partial charge in [-0.25, -0.2) is 23.3 Å². The van der Waals surface area contributed by atoms with Gasteiger partial charge in [0.2, 0.25) is 0 Å². The topological polar surface area (TPSA) is 86.2 Å². The van der Waals surface area contributed by atoms with Crippen LogP contribution in [-0.2, 0) is 14.1 Å². The predicted octanol–water partition coefficient (Wildman–Crippen LogP) is 0.441. The number of hydrogen-bond donors (Lipinski definition) is 1. The first-order chi connectivity index (χ1) is 9.75. The summed E-state index contributed by atoms with van der Waals surface area (Å²) in [4.78, 5) is 35.2. The SMILES string of the molecule is Cn1c(=S)n(C)c(=O)n(-c2cc(C(=O)O)ccc2F)c1=O. The van der Waals surface area contributed by atoms with Crippen LogP contribution in [0.25, 0.3) is 5.69 Å². The number of rotatable bonds is 2. The number of carboxylic acid groups (broad SMARTS) is 1. The number of hydrogen-bond acceptors (Lipinski definition) is 4. The monoisotopic (exact) mass is 311 g/mol. The molecule has 0 fully saturated rings. The van der Waals surface area contributed by atoms with E-state index in [2.05, 4.69) is 0 Å². The molecule has 1 heterocycles. The van der Waals surface area contributed by atoms with Gasteiger partial charge in [-0.1, -0.05) is 0 Å². The molecule has 21 heavy (non-hydrogen) atoms. The first kappa shape index (κ1) is 14.9. The average Bonchev–Trinajstić information content (AvgIpc) is 2.45. The van der Waals surface area contributed by atoms with Gasteiger partial charge in [0.05, 0.1) is 11.3 Å². The summed E-state index contributed by atoms with van der Waals surface area (Å²) >= 11 is 4.90. The Bertz CT molecular complexity index is 885. The summed E-state index contributed by atoms with van der Waals surface area (Å²) in [6.45, 7) is 0. The van der Waals surface area contributed by atoms with E-state index in [0.717, 1.165) is 27.3 Å². The molecule has 110 valence electrons. The lowest BCUT2D eigenvalue weighted by Crippen LogP contribution is -2.43. The highest BCUT2D eigenvalue weighted by molar-refractivity contribution is 7.71. The van der Waals surface area contributed by atoms with Gasteiger partial charge in [-0.2, -0.15) is 0 Å². The Morgan fingerprint density at radius 2 is 1.71 bits per heavy atom. The van der Waals surface area contributed by atoms with E-state index in [4.69, 9.17) is 17.3 Å². The third-order valence-corrected chi connectivity index (χ3v) is 3.51. The quantitative estimate of drug-likeness (QED) is 0.813. The first-order valence-electron chi connectivity index (χ1n) is 5.68. The number of nitrogens with zero attached hydrogens (tertiary/aromatic N) is 3. The molecule has 0 atom stereocenters. The van der Waals surface area contributed by atoms with Crippen LogP contribution in [0.5, 0.6) is 0 Å². The van der Waals surface area contributed by atoms with Gasteiger partial charge in [-0.15, -0.1) is 0 Å². The largest absolute Gasteiger partial charge is 0.478 e. The summed E-state index contributed by atoms with van der Waals surface area (Å²) in [6, 6.07) is 2.84. The average molecular weight is 311 g/mol. The van der Waals surface area contributed by atoms with Crippen LogP contribution in [-0.4, -0.2) is 24.8 Å². The maximum atomic E-state index is 13.9. The van der Waals surface area contributed by atoms with E-state index in [9.17, 15) is 18.8 Å². The molecular formula is C12H10FN3O4S. The van der Waals surface area contributed by atoms with Crippen molar-refractivity contribution in [1.82, 2.24) is 13.7 Å². The Balaban J connectivity index is 2.96. The van der Waals surface area contributed by atoms with Crippen LogP contribution in [0.15, 0.2) is 27.8 Å². The van der Waals surface area contributed by atoms with Crippen LogP contribution in [0, 0.1) is 10.6 Å². The number of aromatic nitrogens is 3. The van der Waals surface area contributed by atoms with Crippen molar-refractivity contribution in [2.24, 2.45) is 14.1 Å². The fourth-order valence-corrected chi connectivity index (χ4v) is 1.95. The lowest BCUT2D eigenvalue weighted by molar-refractivity contribution is 0.0697. The fourth-order valence-electron chi connectivity index (χ4n) is 1.79. The highest BCUT2D eigenvalue weighted by Gasteiger charge is 2.16. The van der Waals surface area contributed by atoms with Gasteiger partial charge in [0.1, 0.15) is 5.82 Å². The molecule has 0 amide bonds. The molecule has 0 unspecified atom stereocenters. The lowest BCUT2D eigenvalue weighted by Gasteiger charge is -2.11. The lowest BCUT2D eigenvalue weighted by atomic mass is 10.2. The Labute approximate surface area is 122 Å². The van der Waals surface area contributed by atoms with Crippen LogP contribution >= 0.6 is 12.2 Å². The maximum Gasteiger partial charge on any atom is 0.338 e. The molecule has 1 N–H and O–H groups in total. The zero-order chi connectivity index (χ0) is 15.9. The van der Waals surface area contributed by atoms with Crippen LogP contribution in [0.3, 0.4) is 0 Å². The molecule has 1 aromatic carbocycles. The summed E-state index contributed by atoms with van der Waals surface area (Å²) in [5.41, 5.74) is -2.40. The second-order valence-corrected chi connectivity index (χ2v) is 4.64. The van der Waals surface area contributed by atoms with Crippen molar-refractivity contribution < 1.29 is 14.3 Å². The molecule has 7 nitrogen and oxygen atoms in total. The van der Waals surface area contributed by atoms with Crippen LogP contribution in [0.4, 0.5) is 4.39 Å². The smallest absolute Gasteiger partial charge is 0.338 e. The Hall–Kier alpha value is -2.55. The van der Waals surface area contributed by atoms with Gasteiger partial charge < -0.3 is 5.11 Å². The maximum absolute atomic E-state index is 13.9. The van der Waals surface area contributed by atoms with Crippen LogP contribution < -0.4 is 11.4 Å². The number of carbonyl (C=O) groups is 1. The van der Waals surface area contributed by atoms with Gasteiger partial charge in [-0.3, -0.25) is 9.13 Å². The number of benzene rings is 1. The Morgan fingerprint density at radius 3 is 2.19 bits per heavy atom.